The Hall–Kier alpha value is -1.75. The molecule has 0 aromatic heterocycles. The van der Waals surface area contributed by atoms with E-state index in [1.165, 1.54) is 18.2 Å². The Balaban J connectivity index is 2.78. The number of nitrogens with one attached hydrogen (secondary N) is 1. The van der Waals surface area contributed by atoms with Crippen LogP contribution in [0.25, 0.3) is 0 Å². The van der Waals surface area contributed by atoms with Crippen LogP contribution in [0.3, 0.4) is 0 Å². The zero-order valence-corrected chi connectivity index (χ0v) is 8.40. The van der Waals surface area contributed by atoms with Crippen molar-refractivity contribution in [3.63, 3.8) is 0 Å². The van der Waals surface area contributed by atoms with Crippen molar-refractivity contribution < 1.29 is 15.0 Å². The van der Waals surface area contributed by atoms with E-state index in [9.17, 15) is 9.90 Å². The Morgan fingerprint density at radius 2 is 2.13 bits per heavy atom. The average Bonchev–Trinajstić information content (AvgIpc) is 2.21. The summed E-state index contributed by atoms with van der Waals surface area (Å²) in [6.07, 6.45) is 0. The minimum Gasteiger partial charge on any atom is -0.504 e. The fraction of sp³-hybridized carbons (Fsp3) is 0.300. The number of carbonyl (C=O) groups is 1. The van der Waals surface area contributed by atoms with Gasteiger partial charge in [0.2, 0.25) is 0 Å². The summed E-state index contributed by atoms with van der Waals surface area (Å²) in [7, 11) is 0. The lowest BCUT2D eigenvalue weighted by Crippen LogP contribution is -2.37. The summed E-state index contributed by atoms with van der Waals surface area (Å²) in [6, 6.07) is 3.76. The van der Waals surface area contributed by atoms with E-state index in [0.29, 0.717) is 6.54 Å². The first kappa shape index (κ1) is 11.3. The van der Waals surface area contributed by atoms with Crippen molar-refractivity contribution in [3.05, 3.63) is 23.8 Å². The minimum absolute atomic E-state index is 0.131. The number of phenols is 2. The van der Waals surface area contributed by atoms with E-state index in [2.05, 4.69) is 5.32 Å². The summed E-state index contributed by atoms with van der Waals surface area (Å²) in [5, 5.41) is 20.9. The lowest BCUT2D eigenvalue weighted by atomic mass is 10.2. The van der Waals surface area contributed by atoms with E-state index in [0.717, 1.165) is 0 Å². The third-order valence-electron chi connectivity index (χ3n) is 1.97. The maximum Gasteiger partial charge on any atom is 0.251 e. The predicted octanol–water partition coefficient (Wildman–Crippen LogP) is 0.175. The second-order valence-corrected chi connectivity index (χ2v) is 3.31. The van der Waals surface area contributed by atoms with E-state index in [-0.39, 0.29) is 29.0 Å². The topological polar surface area (TPSA) is 95.6 Å². The summed E-state index contributed by atoms with van der Waals surface area (Å²) in [4.78, 5) is 11.5. The average molecular weight is 210 g/mol. The van der Waals surface area contributed by atoms with Gasteiger partial charge in [0, 0.05) is 18.2 Å². The van der Waals surface area contributed by atoms with Gasteiger partial charge in [-0.1, -0.05) is 0 Å². The zero-order valence-electron chi connectivity index (χ0n) is 8.40. The number of hydrogen-bond acceptors (Lipinski definition) is 4. The normalized spacial score (nSPS) is 12.1. The van der Waals surface area contributed by atoms with Crippen LogP contribution >= 0.6 is 0 Å². The first-order chi connectivity index (χ1) is 7.04. The lowest BCUT2D eigenvalue weighted by molar-refractivity contribution is 0.0941. The van der Waals surface area contributed by atoms with Gasteiger partial charge in [-0.05, 0) is 25.1 Å². The monoisotopic (exact) mass is 210 g/mol. The second kappa shape index (κ2) is 4.65. The van der Waals surface area contributed by atoms with E-state index in [1.54, 1.807) is 6.92 Å². The highest BCUT2D eigenvalue weighted by atomic mass is 16.3. The smallest absolute Gasteiger partial charge is 0.251 e. The van der Waals surface area contributed by atoms with Gasteiger partial charge in [0.25, 0.3) is 5.91 Å². The molecule has 5 nitrogen and oxygen atoms in total. The van der Waals surface area contributed by atoms with Crippen LogP contribution in [0.15, 0.2) is 18.2 Å². The van der Waals surface area contributed by atoms with Crippen molar-refractivity contribution in [1.29, 1.82) is 0 Å². The maximum atomic E-state index is 11.5. The van der Waals surface area contributed by atoms with Gasteiger partial charge in [-0.2, -0.15) is 0 Å². The molecule has 0 unspecified atom stereocenters. The molecule has 0 spiro atoms. The number of hydrogen-bond donors (Lipinski definition) is 4. The number of benzene rings is 1. The Bertz CT molecular complexity index is 366. The van der Waals surface area contributed by atoms with Crippen molar-refractivity contribution in [2.75, 3.05) is 6.54 Å². The SMILES string of the molecule is C[C@H](CN)NC(=O)c1ccc(O)c(O)c1. The third-order valence-corrected chi connectivity index (χ3v) is 1.97. The number of amides is 1. The molecule has 1 amide bonds. The van der Waals surface area contributed by atoms with Crippen LogP contribution in [0, 0.1) is 0 Å². The molecule has 5 heteroatoms. The van der Waals surface area contributed by atoms with Gasteiger partial charge < -0.3 is 21.3 Å². The Labute approximate surface area is 87.5 Å². The van der Waals surface area contributed by atoms with E-state index in [4.69, 9.17) is 10.8 Å². The van der Waals surface area contributed by atoms with Gasteiger partial charge in [-0.25, -0.2) is 0 Å². The van der Waals surface area contributed by atoms with Crippen molar-refractivity contribution in [3.8, 4) is 11.5 Å². The zero-order chi connectivity index (χ0) is 11.4. The van der Waals surface area contributed by atoms with E-state index < -0.39 is 0 Å². The largest absolute Gasteiger partial charge is 0.504 e. The maximum absolute atomic E-state index is 11.5. The number of nitrogens with two attached hydrogens (primary N) is 1. The van der Waals surface area contributed by atoms with E-state index in [1.807, 2.05) is 0 Å². The van der Waals surface area contributed by atoms with Gasteiger partial charge in [0.1, 0.15) is 0 Å². The molecular formula is C10H14N2O3. The van der Waals surface area contributed by atoms with Crippen molar-refractivity contribution in [2.24, 2.45) is 5.73 Å². The molecule has 1 rings (SSSR count). The molecule has 0 bridgehead atoms. The molecule has 15 heavy (non-hydrogen) atoms. The molecule has 0 radical (unpaired) electrons. The molecule has 0 saturated heterocycles. The summed E-state index contributed by atoms with van der Waals surface area (Å²) in [5.74, 6) is -0.898. The Morgan fingerprint density at radius 1 is 1.47 bits per heavy atom. The molecular weight excluding hydrogens is 196 g/mol. The quantitative estimate of drug-likeness (QED) is 0.535. The van der Waals surface area contributed by atoms with Gasteiger partial charge in [0.05, 0.1) is 0 Å². The van der Waals surface area contributed by atoms with Gasteiger partial charge in [0.15, 0.2) is 11.5 Å². The number of phenolic OH excluding ortho intramolecular Hbond substituents is 2. The highest BCUT2D eigenvalue weighted by molar-refractivity contribution is 5.95. The van der Waals surface area contributed by atoms with E-state index >= 15 is 0 Å². The number of rotatable bonds is 3. The van der Waals surface area contributed by atoms with Gasteiger partial charge >= 0.3 is 0 Å². The van der Waals surface area contributed by atoms with Crippen LogP contribution < -0.4 is 11.1 Å². The van der Waals surface area contributed by atoms with Crippen molar-refractivity contribution in [1.82, 2.24) is 5.32 Å². The number of aromatic hydroxyl groups is 2. The Kier molecular flexibility index (Phi) is 3.51. The summed E-state index contributed by atoms with van der Waals surface area (Å²) >= 11 is 0. The molecule has 1 aromatic carbocycles. The molecule has 0 aliphatic carbocycles. The van der Waals surface area contributed by atoms with Crippen LogP contribution in [0.5, 0.6) is 11.5 Å². The van der Waals surface area contributed by atoms with Crippen LogP contribution in [0.4, 0.5) is 0 Å². The first-order valence-electron chi connectivity index (χ1n) is 4.57. The third kappa shape index (κ3) is 2.85. The van der Waals surface area contributed by atoms with Crippen LogP contribution in [0.1, 0.15) is 17.3 Å². The molecule has 0 fully saturated rings. The van der Waals surface area contributed by atoms with Gasteiger partial charge in [-0.3, -0.25) is 4.79 Å². The fourth-order valence-corrected chi connectivity index (χ4v) is 1.03. The molecule has 0 heterocycles. The van der Waals surface area contributed by atoms with Crippen LogP contribution in [-0.2, 0) is 0 Å². The fourth-order valence-electron chi connectivity index (χ4n) is 1.03. The Morgan fingerprint density at radius 3 is 2.67 bits per heavy atom. The molecule has 82 valence electrons. The summed E-state index contributed by atoms with van der Waals surface area (Å²) in [6.45, 7) is 2.12. The summed E-state index contributed by atoms with van der Waals surface area (Å²) in [5.41, 5.74) is 5.63. The number of carbonyl (C=O) groups excluding carboxylic acids is 1. The molecule has 1 atom stereocenters. The standard InChI is InChI=1S/C10H14N2O3/c1-6(5-11)12-10(15)7-2-3-8(13)9(14)4-7/h2-4,6,13-14H,5,11H2,1H3,(H,12,15)/t6-/m1/s1. The molecule has 0 aliphatic heterocycles. The summed E-state index contributed by atoms with van der Waals surface area (Å²) < 4.78 is 0. The highest BCUT2D eigenvalue weighted by Gasteiger charge is 2.10. The minimum atomic E-state index is -0.330. The lowest BCUT2D eigenvalue weighted by Gasteiger charge is -2.11. The van der Waals surface area contributed by atoms with Gasteiger partial charge in [-0.15, -0.1) is 0 Å². The van der Waals surface area contributed by atoms with Crippen LogP contribution in [0.2, 0.25) is 0 Å². The predicted molar refractivity (Wildman–Crippen MR) is 55.8 cm³/mol. The first-order valence-corrected chi connectivity index (χ1v) is 4.57. The van der Waals surface area contributed by atoms with Crippen molar-refractivity contribution in [2.45, 2.75) is 13.0 Å². The van der Waals surface area contributed by atoms with Crippen LogP contribution in [-0.4, -0.2) is 28.7 Å². The second-order valence-electron chi connectivity index (χ2n) is 3.31. The van der Waals surface area contributed by atoms with Crippen molar-refractivity contribution >= 4 is 5.91 Å². The molecule has 0 aliphatic rings. The molecule has 1 aromatic rings. The molecule has 0 saturated carbocycles. The highest BCUT2D eigenvalue weighted by Crippen LogP contribution is 2.24. The molecule has 5 N–H and O–H groups in total.